The monoisotopic (exact) mass is 360 g/mol. The fourth-order valence-electron chi connectivity index (χ4n) is 3.25. The van der Waals surface area contributed by atoms with Crippen LogP contribution in [0.3, 0.4) is 0 Å². The molecular weight excluding hydrogens is 316 g/mol. The van der Waals surface area contributed by atoms with Crippen molar-refractivity contribution in [3.05, 3.63) is 0 Å². The van der Waals surface area contributed by atoms with Gasteiger partial charge in [-0.1, -0.05) is 128 Å². The summed E-state index contributed by atoms with van der Waals surface area (Å²) in [6, 6.07) is 0. The molecule has 0 saturated carbocycles. The number of ether oxygens (including phenoxy) is 1. The van der Waals surface area contributed by atoms with Gasteiger partial charge in [-0.25, -0.2) is 0 Å². The highest BCUT2D eigenvalue weighted by Crippen LogP contribution is 2.14. The molecule has 0 saturated heterocycles. The highest BCUT2D eigenvalue weighted by Gasteiger charge is 1.96. The molecule has 2 heteroatoms. The molecule has 0 fully saturated rings. The summed E-state index contributed by atoms with van der Waals surface area (Å²) < 4.78 is 5.34. The van der Waals surface area contributed by atoms with Gasteiger partial charge < -0.3 is 4.74 Å². The van der Waals surface area contributed by atoms with Gasteiger partial charge in [0.05, 0.1) is 0 Å². The van der Waals surface area contributed by atoms with Gasteiger partial charge >= 0.3 is 0 Å². The van der Waals surface area contributed by atoms with E-state index in [-0.39, 0.29) is 5.56 Å². The molecule has 0 heterocycles. The summed E-state index contributed by atoms with van der Waals surface area (Å²) in [6.07, 6.45) is 25.5. The van der Waals surface area contributed by atoms with Crippen LogP contribution >= 0.6 is 11.6 Å². The van der Waals surface area contributed by atoms with Crippen molar-refractivity contribution in [2.75, 3.05) is 6.61 Å². The molecule has 0 aromatic rings. The molecule has 24 heavy (non-hydrogen) atoms. The van der Waals surface area contributed by atoms with E-state index in [1.165, 1.54) is 109 Å². The van der Waals surface area contributed by atoms with Crippen molar-refractivity contribution in [2.24, 2.45) is 0 Å². The van der Waals surface area contributed by atoms with Crippen LogP contribution in [0.2, 0.25) is 0 Å². The van der Waals surface area contributed by atoms with Crippen LogP contribution in [0.5, 0.6) is 0 Å². The van der Waals surface area contributed by atoms with Crippen LogP contribution < -0.4 is 0 Å². The van der Waals surface area contributed by atoms with E-state index in [2.05, 4.69) is 6.92 Å². The third-order valence-electron chi connectivity index (χ3n) is 4.85. The molecule has 0 radical (unpaired) electrons. The molecule has 1 unspecified atom stereocenters. The highest BCUT2D eigenvalue weighted by molar-refractivity contribution is 6.19. The number of alkyl halides is 1. The molecule has 0 aliphatic carbocycles. The Morgan fingerprint density at radius 1 is 0.542 bits per heavy atom. The molecule has 0 aliphatic rings. The van der Waals surface area contributed by atoms with Crippen LogP contribution in [0, 0.1) is 0 Å². The Morgan fingerprint density at radius 2 is 0.833 bits per heavy atom. The van der Waals surface area contributed by atoms with E-state index in [9.17, 15) is 0 Å². The average molecular weight is 361 g/mol. The lowest BCUT2D eigenvalue weighted by Crippen LogP contribution is -2.00. The number of unbranched alkanes of at least 4 members (excludes halogenated alkanes) is 17. The Labute approximate surface area is 158 Å². The average Bonchev–Trinajstić information content (AvgIpc) is 2.56. The smallest absolute Gasteiger partial charge is 0.128 e. The summed E-state index contributed by atoms with van der Waals surface area (Å²) in [4.78, 5) is 0. The van der Waals surface area contributed by atoms with Gasteiger partial charge in [0.2, 0.25) is 0 Å². The van der Waals surface area contributed by atoms with Gasteiger partial charge in [-0.15, -0.1) is 0 Å². The van der Waals surface area contributed by atoms with Crippen molar-refractivity contribution >= 4 is 11.6 Å². The van der Waals surface area contributed by atoms with Crippen LogP contribution in [-0.2, 0) is 4.74 Å². The predicted octanol–water partition coefficient (Wildman–Crippen LogP) is 8.63. The summed E-state index contributed by atoms with van der Waals surface area (Å²) >= 11 is 5.74. The van der Waals surface area contributed by atoms with Crippen LogP contribution in [0.1, 0.15) is 129 Å². The third-order valence-corrected chi connectivity index (χ3v) is 4.97. The Bertz CT molecular complexity index is 218. The van der Waals surface area contributed by atoms with Crippen molar-refractivity contribution in [2.45, 2.75) is 135 Å². The fourth-order valence-corrected chi connectivity index (χ4v) is 3.34. The maximum Gasteiger partial charge on any atom is 0.128 e. The topological polar surface area (TPSA) is 9.23 Å². The molecule has 1 atom stereocenters. The molecule has 0 bridgehead atoms. The predicted molar refractivity (Wildman–Crippen MR) is 110 cm³/mol. The maximum absolute atomic E-state index is 5.74. The standard InChI is InChI=1S/C22H45ClO/c1-3-4-5-6-7-8-9-10-11-12-13-14-15-16-17-18-19-20-21-24-22(2)23/h22H,3-21H2,1-2H3. The molecule has 0 aromatic heterocycles. The lowest BCUT2D eigenvalue weighted by atomic mass is 10.0. The zero-order valence-corrected chi connectivity index (χ0v) is 17.6. The number of rotatable bonds is 20. The molecular formula is C22H45ClO. The molecule has 0 amide bonds. The first-order valence-electron chi connectivity index (χ1n) is 11.0. The summed E-state index contributed by atoms with van der Waals surface area (Å²) in [5.74, 6) is 0. The molecule has 0 aliphatic heterocycles. The van der Waals surface area contributed by atoms with Gasteiger partial charge in [-0.2, -0.15) is 0 Å². The van der Waals surface area contributed by atoms with Gasteiger partial charge in [0.25, 0.3) is 0 Å². The second-order valence-electron chi connectivity index (χ2n) is 7.42. The second kappa shape index (κ2) is 21.3. The van der Waals surface area contributed by atoms with Gasteiger partial charge in [0, 0.05) is 6.61 Å². The van der Waals surface area contributed by atoms with Crippen LogP contribution in [0.25, 0.3) is 0 Å². The lowest BCUT2D eigenvalue weighted by Gasteiger charge is -2.05. The van der Waals surface area contributed by atoms with Gasteiger partial charge in [-0.3, -0.25) is 0 Å². The summed E-state index contributed by atoms with van der Waals surface area (Å²) in [7, 11) is 0. The first-order valence-corrected chi connectivity index (χ1v) is 11.5. The van der Waals surface area contributed by atoms with E-state index in [0.29, 0.717) is 0 Å². The molecule has 146 valence electrons. The van der Waals surface area contributed by atoms with Crippen molar-refractivity contribution in [3.63, 3.8) is 0 Å². The summed E-state index contributed by atoms with van der Waals surface area (Å²) in [5, 5.41) is 0. The number of halogens is 1. The SMILES string of the molecule is CCCCCCCCCCCCCCCCCCCCOC(C)Cl. The molecule has 0 rings (SSSR count). The minimum atomic E-state index is -0.129. The Hall–Kier alpha value is 0.250. The number of hydrogen-bond acceptors (Lipinski definition) is 1. The summed E-state index contributed by atoms with van der Waals surface area (Å²) in [6.45, 7) is 5.00. The molecule has 0 aromatic carbocycles. The van der Waals surface area contributed by atoms with E-state index in [1.807, 2.05) is 6.92 Å². The normalized spacial score (nSPS) is 12.6. The molecule has 0 spiro atoms. The van der Waals surface area contributed by atoms with E-state index < -0.39 is 0 Å². The van der Waals surface area contributed by atoms with Crippen LogP contribution in [0.15, 0.2) is 0 Å². The zero-order valence-electron chi connectivity index (χ0n) is 16.8. The van der Waals surface area contributed by atoms with Crippen molar-refractivity contribution < 1.29 is 4.74 Å². The van der Waals surface area contributed by atoms with Crippen molar-refractivity contribution in [1.82, 2.24) is 0 Å². The quantitative estimate of drug-likeness (QED) is 0.156. The summed E-state index contributed by atoms with van der Waals surface area (Å²) in [5.41, 5.74) is -0.129. The Kier molecular flexibility index (Phi) is 21.5. The van der Waals surface area contributed by atoms with E-state index in [0.717, 1.165) is 13.0 Å². The fraction of sp³-hybridized carbons (Fsp3) is 1.00. The molecule has 0 N–H and O–H groups in total. The first kappa shape index (κ1) is 24.2. The second-order valence-corrected chi connectivity index (χ2v) is 8.04. The lowest BCUT2D eigenvalue weighted by molar-refractivity contribution is 0.115. The minimum Gasteiger partial charge on any atom is -0.363 e. The molecule has 1 nitrogen and oxygen atoms in total. The van der Waals surface area contributed by atoms with Crippen molar-refractivity contribution in [3.8, 4) is 0 Å². The first-order chi connectivity index (χ1) is 11.8. The van der Waals surface area contributed by atoms with Gasteiger partial charge in [0.1, 0.15) is 5.56 Å². The maximum atomic E-state index is 5.74. The Balaban J connectivity index is 2.95. The van der Waals surface area contributed by atoms with Gasteiger partial charge in [-0.05, 0) is 13.3 Å². The van der Waals surface area contributed by atoms with Crippen molar-refractivity contribution in [1.29, 1.82) is 0 Å². The van der Waals surface area contributed by atoms with E-state index in [4.69, 9.17) is 16.3 Å². The van der Waals surface area contributed by atoms with E-state index >= 15 is 0 Å². The van der Waals surface area contributed by atoms with Gasteiger partial charge in [0.15, 0.2) is 0 Å². The van der Waals surface area contributed by atoms with Crippen LogP contribution in [-0.4, -0.2) is 12.2 Å². The van der Waals surface area contributed by atoms with E-state index in [1.54, 1.807) is 0 Å². The number of hydrogen-bond donors (Lipinski definition) is 0. The minimum absolute atomic E-state index is 0.129. The third kappa shape index (κ3) is 22.2. The Morgan fingerprint density at radius 3 is 1.12 bits per heavy atom. The largest absolute Gasteiger partial charge is 0.363 e. The zero-order chi connectivity index (χ0) is 17.7. The highest BCUT2D eigenvalue weighted by atomic mass is 35.5. The van der Waals surface area contributed by atoms with Crippen LogP contribution in [0.4, 0.5) is 0 Å².